The van der Waals surface area contributed by atoms with Crippen molar-refractivity contribution >= 4 is 33.5 Å². The van der Waals surface area contributed by atoms with Crippen molar-refractivity contribution in [3.63, 3.8) is 0 Å². The van der Waals surface area contributed by atoms with Gasteiger partial charge >= 0.3 is 5.97 Å². The molecule has 0 saturated heterocycles. The van der Waals surface area contributed by atoms with Crippen LogP contribution in [0.15, 0.2) is 77.3 Å². The van der Waals surface area contributed by atoms with Crippen LogP contribution >= 0.6 is 15.9 Å². The molecule has 1 amide bonds. The normalized spacial score (nSPS) is 10.3. The number of aromatic hydroxyl groups is 1. The highest BCUT2D eigenvalue weighted by atomic mass is 79.9. The van der Waals surface area contributed by atoms with Crippen molar-refractivity contribution in [2.45, 2.75) is 0 Å². The lowest BCUT2D eigenvalue weighted by Crippen LogP contribution is -2.21. The Morgan fingerprint density at radius 2 is 1.67 bits per heavy atom. The highest BCUT2D eigenvalue weighted by molar-refractivity contribution is 9.10. The summed E-state index contributed by atoms with van der Waals surface area (Å²) in [4.78, 5) is 24.3. The van der Waals surface area contributed by atoms with Crippen LogP contribution in [0.4, 0.5) is 5.69 Å². The van der Waals surface area contributed by atoms with Gasteiger partial charge < -0.3 is 15.2 Å². The van der Waals surface area contributed by atoms with Crippen molar-refractivity contribution in [2.24, 2.45) is 0 Å². The molecule has 0 aliphatic carbocycles. The number of hydrogen-bond acceptors (Lipinski definition) is 4. The summed E-state index contributed by atoms with van der Waals surface area (Å²) in [6.45, 7) is -0.464. The fourth-order valence-corrected chi connectivity index (χ4v) is 2.89. The second-order valence-electron chi connectivity index (χ2n) is 5.70. The van der Waals surface area contributed by atoms with Gasteiger partial charge in [-0.3, -0.25) is 4.79 Å². The van der Waals surface area contributed by atoms with Gasteiger partial charge in [-0.05, 0) is 29.8 Å². The van der Waals surface area contributed by atoms with Gasteiger partial charge in [-0.15, -0.1) is 0 Å². The van der Waals surface area contributed by atoms with E-state index in [9.17, 15) is 14.7 Å². The van der Waals surface area contributed by atoms with Gasteiger partial charge in [-0.25, -0.2) is 4.79 Å². The summed E-state index contributed by atoms with van der Waals surface area (Å²) in [6.07, 6.45) is 0. The van der Waals surface area contributed by atoms with E-state index in [0.29, 0.717) is 10.2 Å². The molecule has 2 N–H and O–H groups in total. The summed E-state index contributed by atoms with van der Waals surface area (Å²) in [6, 6.07) is 21.4. The number of esters is 1. The molecule has 0 saturated carbocycles. The third kappa shape index (κ3) is 4.74. The van der Waals surface area contributed by atoms with Crippen molar-refractivity contribution in [3.8, 4) is 16.9 Å². The molecule has 0 unspecified atom stereocenters. The minimum atomic E-state index is -0.778. The van der Waals surface area contributed by atoms with Crippen LogP contribution in [0.25, 0.3) is 11.1 Å². The fourth-order valence-electron chi connectivity index (χ4n) is 2.53. The number of benzene rings is 3. The molecule has 0 bridgehead atoms. The zero-order valence-corrected chi connectivity index (χ0v) is 15.8. The van der Waals surface area contributed by atoms with Crippen LogP contribution in [0.5, 0.6) is 5.75 Å². The molecule has 3 aromatic carbocycles. The van der Waals surface area contributed by atoms with E-state index in [2.05, 4.69) is 21.2 Å². The number of rotatable bonds is 5. The third-order valence-electron chi connectivity index (χ3n) is 3.80. The molecule has 0 aliphatic heterocycles. The van der Waals surface area contributed by atoms with Crippen LogP contribution in [0.3, 0.4) is 0 Å². The van der Waals surface area contributed by atoms with Gasteiger partial charge in [0, 0.05) is 15.7 Å². The lowest BCUT2D eigenvalue weighted by Gasteiger charge is -2.12. The highest BCUT2D eigenvalue weighted by Gasteiger charge is 2.15. The van der Waals surface area contributed by atoms with Gasteiger partial charge in [0.05, 0.1) is 0 Å². The molecule has 0 spiro atoms. The van der Waals surface area contributed by atoms with E-state index in [0.717, 1.165) is 11.1 Å². The summed E-state index contributed by atoms with van der Waals surface area (Å²) in [5, 5.41) is 12.5. The summed E-state index contributed by atoms with van der Waals surface area (Å²) < 4.78 is 5.63. The molecule has 0 fully saturated rings. The minimum Gasteiger partial charge on any atom is -0.507 e. The second kappa shape index (κ2) is 8.51. The minimum absolute atomic E-state index is 0.0122. The van der Waals surface area contributed by atoms with Crippen molar-refractivity contribution in [1.29, 1.82) is 0 Å². The molecule has 0 aliphatic rings. The number of para-hydroxylation sites is 1. The maximum absolute atomic E-state index is 12.2. The number of phenols is 1. The first-order valence-electron chi connectivity index (χ1n) is 8.14. The predicted molar refractivity (Wildman–Crippen MR) is 107 cm³/mol. The Morgan fingerprint density at radius 1 is 0.963 bits per heavy atom. The lowest BCUT2D eigenvalue weighted by atomic mass is 10.0. The smallest absolute Gasteiger partial charge is 0.342 e. The van der Waals surface area contributed by atoms with Crippen LogP contribution in [-0.4, -0.2) is 23.6 Å². The molecule has 6 heteroatoms. The van der Waals surface area contributed by atoms with Crippen LogP contribution in [0, 0.1) is 0 Å². The number of phenolic OH excluding ortho intramolecular Hbond substituents is 1. The molecule has 0 atom stereocenters. The summed E-state index contributed by atoms with van der Waals surface area (Å²) in [5.74, 6) is -1.46. The summed E-state index contributed by atoms with van der Waals surface area (Å²) in [5.41, 5.74) is 2.43. The van der Waals surface area contributed by atoms with E-state index < -0.39 is 18.5 Å². The van der Waals surface area contributed by atoms with Crippen LogP contribution in [-0.2, 0) is 9.53 Å². The average molecular weight is 426 g/mol. The van der Waals surface area contributed by atoms with Gasteiger partial charge in [0.25, 0.3) is 5.91 Å². The van der Waals surface area contributed by atoms with Gasteiger partial charge in [0.15, 0.2) is 6.61 Å². The molecule has 3 rings (SSSR count). The first-order chi connectivity index (χ1) is 13.0. The van der Waals surface area contributed by atoms with Crippen LogP contribution in [0.1, 0.15) is 10.4 Å². The Kier molecular flexibility index (Phi) is 5.88. The van der Waals surface area contributed by atoms with E-state index in [1.54, 1.807) is 12.1 Å². The second-order valence-corrected chi connectivity index (χ2v) is 6.61. The number of amides is 1. The molecule has 0 heterocycles. The molecular weight excluding hydrogens is 410 g/mol. The maximum Gasteiger partial charge on any atom is 0.342 e. The van der Waals surface area contributed by atoms with Gasteiger partial charge in [0.2, 0.25) is 0 Å². The Morgan fingerprint density at radius 3 is 2.44 bits per heavy atom. The van der Waals surface area contributed by atoms with E-state index in [1.165, 1.54) is 12.1 Å². The quantitative estimate of drug-likeness (QED) is 0.584. The van der Waals surface area contributed by atoms with Gasteiger partial charge in [-0.2, -0.15) is 0 Å². The summed E-state index contributed by atoms with van der Waals surface area (Å²) >= 11 is 3.22. The predicted octanol–water partition coefficient (Wildman–Crippen LogP) is 4.62. The highest BCUT2D eigenvalue weighted by Crippen LogP contribution is 2.27. The Labute approximate surface area is 164 Å². The average Bonchev–Trinajstić information content (AvgIpc) is 2.69. The molecule has 3 aromatic rings. The third-order valence-corrected chi connectivity index (χ3v) is 4.29. The van der Waals surface area contributed by atoms with Gasteiger partial charge in [-0.1, -0.05) is 64.5 Å². The molecule has 0 radical (unpaired) electrons. The number of carbonyl (C=O) groups is 2. The lowest BCUT2D eigenvalue weighted by molar-refractivity contribution is -0.119. The standard InChI is InChI=1S/C21H16BrNO4/c22-15-10-11-19(24)17(12-15)21(26)27-13-20(25)23-18-9-5-4-8-16(18)14-6-2-1-3-7-14/h1-12,24H,13H2,(H,23,25). The zero-order valence-electron chi connectivity index (χ0n) is 14.2. The first-order valence-corrected chi connectivity index (χ1v) is 8.94. The number of nitrogens with one attached hydrogen (secondary N) is 1. The molecule has 5 nitrogen and oxygen atoms in total. The van der Waals surface area contributed by atoms with Crippen LogP contribution in [0.2, 0.25) is 0 Å². The number of carbonyl (C=O) groups excluding carboxylic acids is 2. The van der Waals surface area contributed by atoms with Crippen LogP contribution < -0.4 is 5.32 Å². The number of hydrogen-bond donors (Lipinski definition) is 2. The largest absolute Gasteiger partial charge is 0.507 e. The number of ether oxygens (including phenoxy) is 1. The van der Waals surface area contributed by atoms with E-state index in [1.807, 2.05) is 48.5 Å². The van der Waals surface area contributed by atoms with Crippen molar-refractivity contribution in [1.82, 2.24) is 0 Å². The Bertz CT molecular complexity index is 973. The zero-order chi connectivity index (χ0) is 19.2. The molecular formula is C21H16BrNO4. The number of anilines is 1. The maximum atomic E-state index is 12.2. The van der Waals surface area contributed by atoms with Crippen molar-refractivity contribution < 1.29 is 19.4 Å². The van der Waals surface area contributed by atoms with E-state index in [4.69, 9.17) is 4.74 Å². The van der Waals surface area contributed by atoms with E-state index >= 15 is 0 Å². The Balaban J connectivity index is 1.67. The molecule has 136 valence electrons. The SMILES string of the molecule is O=C(COC(=O)c1cc(Br)ccc1O)Nc1ccccc1-c1ccccc1. The molecule has 0 aromatic heterocycles. The molecule has 27 heavy (non-hydrogen) atoms. The van der Waals surface area contributed by atoms with Crippen molar-refractivity contribution in [2.75, 3.05) is 11.9 Å². The summed E-state index contributed by atoms with van der Waals surface area (Å²) in [7, 11) is 0. The van der Waals surface area contributed by atoms with E-state index in [-0.39, 0.29) is 11.3 Å². The monoisotopic (exact) mass is 425 g/mol. The first kappa shape index (κ1) is 18.7. The Hall–Kier alpha value is -3.12. The topological polar surface area (TPSA) is 75.6 Å². The fraction of sp³-hybridized carbons (Fsp3) is 0.0476. The number of halogens is 1. The van der Waals surface area contributed by atoms with Gasteiger partial charge in [0.1, 0.15) is 11.3 Å². The van der Waals surface area contributed by atoms with Crippen molar-refractivity contribution in [3.05, 3.63) is 82.8 Å².